The maximum absolute atomic E-state index is 11.7. The summed E-state index contributed by atoms with van der Waals surface area (Å²) in [5.41, 5.74) is 0.857. The first-order chi connectivity index (χ1) is 7.47. The second kappa shape index (κ2) is 5.47. The standard InChI is InChI=1S/C10H17NO4S/c1-9-10(4-6-15-9)8-11(2)16(13,14)7-3-5-12/h4,6,12H,3,5,7-8H2,1-2H3. The van der Waals surface area contributed by atoms with Crippen LogP contribution in [0.5, 0.6) is 0 Å². The Morgan fingerprint density at radius 2 is 2.19 bits per heavy atom. The van der Waals surface area contributed by atoms with Gasteiger partial charge in [-0.1, -0.05) is 0 Å². The average Bonchev–Trinajstić information content (AvgIpc) is 2.61. The van der Waals surface area contributed by atoms with Crippen molar-refractivity contribution in [3.8, 4) is 0 Å². The second-order valence-corrected chi connectivity index (χ2v) is 5.85. The maximum atomic E-state index is 11.7. The SMILES string of the molecule is Cc1occc1CN(C)S(=O)(=O)CCCO. The molecule has 0 aliphatic rings. The van der Waals surface area contributed by atoms with Gasteiger partial charge in [0.1, 0.15) is 5.76 Å². The molecule has 6 heteroatoms. The minimum absolute atomic E-state index is 0.0309. The Morgan fingerprint density at radius 1 is 1.50 bits per heavy atom. The zero-order chi connectivity index (χ0) is 12.2. The van der Waals surface area contributed by atoms with E-state index >= 15 is 0 Å². The zero-order valence-corrected chi connectivity index (χ0v) is 10.3. The molecule has 0 saturated carbocycles. The van der Waals surface area contributed by atoms with Crippen molar-refractivity contribution in [1.82, 2.24) is 4.31 Å². The van der Waals surface area contributed by atoms with E-state index in [1.165, 1.54) is 11.4 Å². The zero-order valence-electron chi connectivity index (χ0n) is 9.51. The van der Waals surface area contributed by atoms with Crippen LogP contribution in [0.15, 0.2) is 16.7 Å². The van der Waals surface area contributed by atoms with Gasteiger partial charge < -0.3 is 9.52 Å². The van der Waals surface area contributed by atoms with Gasteiger partial charge in [-0.05, 0) is 19.4 Å². The minimum Gasteiger partial charge on any atom is -0.469 e. The number of hydrogen-bond acceptors (Lipinski definition) is 4. The molecule has 0 unspecified atom stereocenters. The van der Waals surface area contributed by atoms with Gasteiger partial charge in [0.25, 0.3) is 0 Å². The topological polar surface area (TPSA) is 70.8 Å². The van der Waals surface area contributed by atoms with Crippen LogP contribution in [0.1, 0.15) is 17.7 Å². The van der Waals surface area contributed by atoms with E-state index < -0.39 is 10.0 Å². The number of sulfonamides is 1. The Bertz CT molecular complexity index is 424. The van der Waals surface area contributed by atoms with Gasteiger partial charge >= 0.3 is 0 Å². The molecule has 92 valence electrons. The minimum atomic E-state index is -3.28. The van der Waals surface area contributed by atoms with E-state index in [9.17, 15) is 8.42 Å². The summed E-state index contributed by atoms with van der Waals surface area (Å²) in [5, 5.41) is 8.61. The van der Waals surface area contributed by atoms with Crippen molar-refractivity contribution in [3.63, 3.8) is 0 Å². The van der Waals surface area contributed by atoms with E-state index in [0.29, 0.717) is 6.54 Å². The van der Waals surface area contributed by atoms with Gasteiger partial charge in [-0.25, -0.2) is 12.7 Å². The van der Waals surface area contributed by atoms with Crippen molar-refractivity contribution < 1.29 is 17.9 Å². The summed E-state index contributed by atoms with van der Waals surface area (Å²) in [5.74, 6) is 0.695. The molecule has 0 atom stereocenters. The number of furan rings is 1. The summed E-state index contributed by atoms with van der Waals surface area (Å²) in [7, 11) is -1.76. The Labute approximate surface area is 95.7 Å². The highest BCUT2D eigenvalue weighted by molar-refractivity contribution is 7.89. The summed E-state index contributed by atoms with van der Waals surface area (Å²) >= 11 is 0. The van der Waals surface area contributed by atoms with Gasteiger partial charge in [-0.2, -0.15) is 0 Å². The van der Waals surface area contributed by atoms with Crippen molar-refractivity contribution in [2.24, 2.45) is 0 Å². The Kier molecular flexibility index (Phi) is 4.52. The lowest BCUT2D eigenvalue weighted by atomic mass is 10.3. The average molecular weight is 247 g/mol. The van der Waals surface area contributed by atoms with Crippen LogP contribution in [-0.4, -0.2) is 37.2 Å². The van der Waals surface area contributed by atoms with Gasteiger partial charge in [0, 0.05) is 25.8 Å². The summed E-state index contributed by atoms with van der Waals surface area (Å²) < 4.78 is 29.8. The molecule has 0 fully saturated rings. The van der Waals surface area contributed by atoms with Crippen LogP contribution in [0.25, 0.3) is 0 Å². The lowest BCUT2D eigenvalue weighted by molar-refractivity contribution is 0.294. The summed E-state index contributed by atoms with van der Waals surface area (Å²) in [6.45, 7) is 1.98. The Hall–Kier alpha value is -0.850. The maximum Gasteiger partial charge on any atom is 0.214 e. The van der Waals surface area contributed by atoms with Crippen LogP contribution in [-0.2, 0) is 16.6 Å². The highest BCUT2D eigenvalue weighted by Crippen LogP contribution is 2.13. The van der Waals surface area contributed by atoms with Crippen molar-refractivity contribution in [3.05, 3.63) is 23.7 Å². The van der Waals surface area contributed by atoms with E-state index in [1.54, 1.807) is 19.3 Å². The summed E-state index contributed by atoms with van der Waals surface area (Å²) in [6, 6.07) is 1.76. The third-order valence-corrected chi connectivity index (χ3v) is 4.28. The summed E-state index contributed by atoms with van der Waals surface area (Å²) in [4.78, 5) is 0. The fraction of sp³-hybridized carbons (Fsp3) is 0.600. The number of rotatable bonds is 6. The fourth-order valence-corrected chi connectivity index (χ4v) is 2.46. The molecule has 0 bridgehead atoms. The van der Waals surface area contributed by atoms with E-state index in [4.69, 9.17) is 9.52 Å². The molecule has 0 radical (unpaired) electrons. The normalized spacial score (nSPS) is 12.2. The lowest BCUT2D eigenvalue weighted by Crippen LogP contribution is -2.29. The third-order valence-electron chi connectivity index (χ3n) is 2.39. The highest BCUT2D eigenvalue weighted by atomic mass is 32.2. The smallest absolute Gasteiger partial charge is 0.214 e. The third kappa shape index (κ3) is 3.33. The molecule has 1 aromatic rings. The van der Waals surface area contributed by atoms with Gasteiger partial charge in [-0.15, -0.1) is 0 Å². The number of aryl methyl sites for hydroxylation is 1. The number of aliphatic hydroxyl groups excluding tert-OH is 1. The van der Waals surface area contributed by atoms with Crippen molar-refractivity contribution in [2.45, 2.75) is 19.9 Å². The van der Waals surface area contributed by atoms with E-state index in [1.807, 2.05) is 0 Å². The van der Waals surface area contributed by atoms with Crippen LogP contribution in [0.2, 0.25) is 0 Å². The molecular formula is C10H17NO4S. The van der Waals surface area contributed by atoms with Crippen LogP contribution in [0.3, 0.4) is 0 Å². The Morgan fingerprint density at radius 3 is 2.69 bits per heavy atom. The van der Waals surface area contributed by atoms with Crippen LogP contribution < -0.4 is 0 Å². The number of hydrogen-bond donors (Lipinski definition) is 1. The van der Waals surface area contributed by atoms with Crippen molar-refractivity contribution in [1.29, 1.82) is 0 Å². The van der Waals surface area contributed by atoms with Crippen LogP contribution in [0.4, 0.5) is 0 Å². The van der Waals surface area contributed by atoms with Gasteiger partial charge in [0.05, 0.1) is 12.0 Å². The van der Waals surface area contributed by atoms with E-state index in [0.717, 1.165) is 11.3 Å². The first-order valence-corrected chi connectivity index (χ1v) is 6.66. The summed E-state index contributed by atoms with van der Waals surface area (Å²) in [6.07, 6.45) is 1.80. The van der Waals surface area contributed by atoms with E-state index in [2.05, 4.69) is 0 Å². The first-order valence-electron chi connectivity index (χ1n) is 5.05. The van der Waals surface area contributed by atoms with Gasteiger partial charge in [0.15, 0.2) is 0 Å². The lowest BCUT2D eigenvalue weighted by Gasteiger charge is -2.16. The van der Waals surface area contributed by atoms with E-state index in [-0.39, 0.29) is 18.8 Å². The first kappa shape index (κ1) is 13.2. The van der Waals surface area contributed by atoms with Crippen molar-refractivity contribution in [2.75, 3.05) is 19.4 Å². The molecule has 0 saturated heterocycles. The number of nitrogens with zero attached hydrogens (tertiary/aromatic N) is 1. The quantitative estimate of drug-likeness (QED) is 0.804. The molecule has 0 aliphatic heterocycles. The molecule has 1 heterocycles. The van der Waals surface area contributed by atoms with Crippen molar-refractivity contribution >= 4 is 10.0 Å². The molecule has 1 aromatic heterocycles. The molecule has 0 aliphatic carbocycles. The predicted octanol–water partition coefficient (Wildman–Crippen LogP) is 0.732. The molecular weight excluding hydrogens is 230 g/mol. The molecule has 1 rings (SSSR count). The molecule has 16 heavy (non-hydrogen) atoms. The predicted molar refractivity (Wildman–Crippen MR) is 60.4 cm³/mol. The molecule has 1 N–H and O–H groups in total. The molecule has 0 aromatic carbocycles. The van der Waals surface area contributed by atoms with Gasteiger partial charge in [-0.3, -0.25) is 0 Å². The molecule has 0 spiro atoms. The molecule has 0 amide bonds. The monoisotopic (exact) mass is 247 g/mol. The number of aliphatic hydroxyl groups is 1. The fourth-order valence-electron chi connectivity index (χ4n) is 1.32. The van der Waals surface area contributed by atoms with Crippen LogP contribution >= 0.6 is 0 Å². The largest absolute Gasteiger partial charge is 0.469 e. The molecule has 5 nitrogen and oxygen atoms in total. The Balaban J connectivity index is 2.65. The van der Waals surface area contributed by atoms with Gasteiger partial charge in [0.2, 0.25) is 10.0 Å². The second-order valence-electron chi connectivity index (χ2n) is 3.65. The highest BCUT2D eigenvalue weighted by Gasteiger charge is 2.18. The van der Waals surface area contributed by atoms with Crippen LogP contribution in [0, 0.1) is 6.92 Å².